The molecule has 32 heavy (non-hydrogen) atoms. The van der Waals surface area contributed by atoms with Crippen molar-refractivity contribution in [3.8, 4) is 0 Å². The minimum atomic E-state index is -3.64. The Kier molecular flexibility index (Phi) is 7.77. The molecule has 0 atom stereocenters. The molecule has 0 fully saturated rings. The molecule has 3 aromatic rings. The van der Waals surface area contributed by atoms with E-state index >= 15 is 0 Å². The predicted octanol–water partition coefficient (Wildman–Crippen LogP) is 5.07. The van der Waals surface area contributed by atoms with Gasteiger partial charge in [0.15, 0.2) is 0 Å². The van der Waals surface area contributed by atoms with E-state index in [1.807, 2.05) is 0 Å². The van der Waals surface area contributed by atoms with Crippen molar-refractivity contribution in [3.05, 3.63) is 99.3 Å². The highest BCUT2D eigenvalue weighted by Crippen LogP contribution is 2.31. The Morgan fingerprint density at radius 1 is 0.969 bits per heavy atom. The Hall–Kier alpha value is -2.61. The average molecular weight is 495 g/mol. The van der Waals surface area contributed by atoms with E-state index in [0.717, 1.165) is 11.8 Å². The maximum absolute atomic E-state index is 13.0. The van der Waals surface area contributed by atoms with E-state index < -0.39 is 10.0 Å². The van der Waals surface area contributed by atoms with Gasteiger partial charge in [-0.25, -0.2) is 12.8 Å². The SMILES string of the molecule is CS(=O)(=O)N(Cc1ccc(C(=O)NCCc2ccc(F)cc2)cc1)c1cc(Cl)ccc1Cl. The Balaban J connectivity index is 1.66. The van der Waals surface area contributed by atoms with E-state index in [4.69, 9.17) is 23.2 Å². The van der Waals surface area contributed by atoms with Crippen LogP contribution in [0.4, 0.5) is 10.1 Å². The number of hydrogen-bond acceptors (Lipinski definition) is 3. The van der Waals surface area contributed by atoms with Crippen molar-refractivity contribution < 1.29 is 17.6 Å². The van der Waals surface area contributed by atoms with Gasteiger partial charge in [-0.3, -0.25) is 9.10 Å². The molecule has 0 radical (unpaired) electrons. The molecule has 0 saturated heterocycles. The highest BCUT2D eigenvalue weighted by Gasteiger charge is 2.21. The second kappa shape index (κ2) is 10.3. The summed E-state index contributed by atoms with van der Waals surface area (Å²) in [5, 5.41) is 3.44. The second-order valence-corrected chi connectivity index (χ2v) is 9.95. The number of nitrogens with zero attached hydrogens (tertiary/aromatic N) is 1. The van der Waals surface area contributed by atoms with Crippen LogP contribution in [-0.2, 0) is 23.0 Å². The molecular weight excluding hydrogens is 474 g/mol. The summed E-state index contributed by atoms with van der Waals surface area (Å²) in [7, 11) is -3.64. The van der Waals surface area contributed by atoms with Crippen molar-refractivity contribution in [1.82, 2.24) is 5.32 Å². The molecule has 1 amide bonds. The van der Waals surface area contributed by atoms with Crippen LogP contribution >= 0.6 is 23.2 Å². The van der Waals surface area contributed by atoms with Gasteiger partial charge in [-0.05, 0) is 60.0 Å². The maximum atomic E-state index is 13.0. The fraction of sp³-hybridized carbons (Fsp3) is 0.174. The first-order valence-corrected chi connectivity index (χ1v) is 12.3. The Labute approximate surface area is 196 Å². The molecule has 0 heterocycles. The first-order valence-electron chi connectivity index (χ1n) is 9.68. The lowest BCUT2D eigenvalue weighted by molar-refractivity contribution is 0.0954. The third-order valence-corrected chi connectivity index (χ3v) is 6.41. The normalized spacial score (nSPS) is 11.2. The quantitative estimate of drug-likeness (QED) is 0.475. The molecule has 0 aromatic heterocycles. The molecule has 0 aliphatic carbocycles. The van der Waals surface area contributed by atoms with Gasteiger partial charge in [-0.2, -0.15) is 0 Å². The van der Waals surface area contributed by atoms with E-state index in [1.54, 1.807) is 42.5 Å². The van der Waals surface area contributed by atoms with Crippen LogP contribution in [0.25, 0.3) is 0 Å². The number of anilines is 1. The number of halogens is 3. The fourth-order valence-electron chi connectivity index (χ4n) is 3.06. The lowest BCUT2D eigenvalue weighted by Gasteiger charge is -2.24. The number of carbonyl (C=O) groups is 1. The first-order chi connectivity index (χ1) is 15.1. The standard InChI is InChI=1S/C23H21Cl2FN2O3S/c1-32(30,31)28(22-14-19(24)8-11-21(22)25)15-17-2-6-18(7-3-17)23(29)27-13-12-16-4-9-20(26)10-5-16/h2-11,14H,12-13,15H2,1H3,(H,27,29). The van der Waals surface area contributed by atoms with E-state index in [2.05, 4.69) is 5.32 Å². The van der Waals surface area contributed by atoms with Crippen molar-refractivity contribution in [2.24, 2.45) is 0 Å². The monoisotopic (exact) mass is 494 g/mol. The topological polar surface area (TPSA) is 66.5 Å². The van der Waals surface area contributed by atoms with Gasteiger partial charge < -0.3 is 5.32 Å². The summed E-state index contributed by atoms with van der Waals surface area (Å²) in [5.74, 6) is -0.554. The van der Waals surface area contributed by atoms with Gasteiger partial charge in [0.25, 0.3) is 5.91 Å². The van der Waals surface area contributed by atoms with Gasteiger partial charge in [0, 0.05) is 17.1 Å². The summed E-state index contributed by atoms with van der Waals surface area (Å²) < 4.78 is 38.9. The van der Waals surface area contributed by atoms with Crippen LogP contribution in [0.15, 0.2) is 66.7 Å². The van der Waals surface area contributed by atoms with Crippen molar-refractivity contribution in [2.45, 2.75) is 13.0 Å². The molecule has 0 spiro atoms. The molecule has 0 bridgehead atoms. The van der Waals surface area contributed by atoms with Crippen molar-refractivity contribution in [1.29, 1.82) is 0 Å². The second-order valence-electron chi connectivity index (χ2n) is 7.19. The predicted molar refractivity (Wildman–Crippen MR) is 126 cm³/mol. The molecular formula is C23H21Cl2FN2O3S. The summed E-state index contributed by atoms with van der Waals surface area (Å²) in [5.41, 5.74) is 2.32. The largest absolute Gasteiger partial charge is 0.352 e. The molecule has 9 heteroatoms. The Morgan fingerprint density at radius 3 is 2.22 bits per heavy atom. The summed E-state index contributed by atoms with van der Waals surface area (Å²) in [6.07, 6.45) is 1.67. The van der Waals surface area contributed by atoms with Gasteiger partial charge in [-0.1, -0.05) is 47.5 Å². The van der Waals surface area contributed by atoms with Crippen molar-refractivity contribution in [2.75, 3.05) is 17.1 Å². The van der Waals surface area contributed by atoms with Crippen molar-refractivity contribution >= 4 is 44.8 Å². The van der Waals surface area contributed by atoms with Crippen LogP contribution in [-0.4, -0.2) is 27.1 Å². The zero-order valence-electron chi connectivity index (χ0n) is 17.2. The zero-order chi connectivity index (χ0) is 23.3. The number of carbonyl (C=O) groups excluding carboxylic acids is 1. The van der Waals surface area contributed by atoms with Gasteiger partial charge in [0.2, 0.25) is 10.0 Å². The first kappa shape index (κ1) is 24.0. The smallest absolute Gasteiger partial charge is 0.251 e. The Morgan fingerprint density at radius 2 is 1.59 bits per heavy atom. The fourth-order valence-corrected chi connectivity index (χ4v) is 4.39. The summed E-state index contributed by atoms with van der Waals surface area (Å²) in [6.45, 7) is 0.437. The molecule has 0 aliphatic heterocycles. The van der Waals surface area contributed by atoms with Crippen LogP contribution in [0.3, 0.4) is 0 Å². The number of amides is 1. The van der Waals surface area contributed by atoms with E-state index in [1.165, 1.54) is 28.6 Å². The molecule has 0 unspecified atom stereocenters. The van der Waals surface area contributed by atoms with Crippen LogP contribution in [0.5, 0.6) is 0 Å². The molecule has 168 valence electrons. The number of rotatable bonds is 8. The molecule has 1 N–H and O–H groups in total. The summed E-state index contributed by atoms with van der Waals surface area (Å²) in [4.78, 5) is 12.4. The highest BCUT2D eigenvalue weighted by atomic mass is 35.5. The van der Waals surface area contributed by atoms with Crippen LogP contribution in [0.1, 0.15) is 21.5 Å². The van der Waals surface area contributed by atoms with Crippen LogP contribution < -0.4 is 9.62 Å². The third-order valence-electron chi connectivity index (χ3n) is 4.73. The number of hydrogen-bond donors (Lipinski definition) is 1. The third kappa shape index (κ3) is 6.45. The minimum Gasteiger partial charge on any atom is -0.352 e. The Bertz CT molecular complexity index is 1200. The average Bonchev–Trinajstić information content (AvgIpc) is 2.75. The zero-order valence-corrected chi connectivity index (χ0v) is 19.5. The van der Waals surface area contributed by atoms with E-state index in [0.29, 0.717) is 29.1 Å². The molecule has 0 aliphatic rings. The molecule has 0 saturated carbocycles. The number of benzene rings is 3. The van der Waals surface area contributed by atoms with E-state index in [9.17, 15) is 17.6 Å². The van der Waals surface area contributed by atoms with Gasteiger partial charge in [0.05, 0.1) is 23.5 Å². The van der Waals surface area contributed by atoms with Crippen LogP contribution in [0.2, 0.25) is 10.0 Å². The van der Waals surface area contributed by atoms with Gasteiger partial charge in [0.1, 0.15) is 5.82 Å². The number of sulfonamides is 1. The van der Waals surface area contributed by atoms with Gasteiger partial charge in [-0.15, -0.1) is 0 Å². The summed E-state index contributed by atoms with van der Waals surface area (Å²) in [6, 6.07) is 17.4. The maximum Gasteiger partial charge on any atom is 0.251 e. The minimum absolute atomic E-state index is 0.0331. The molecule has 3 rings (SSSR count). The lowest BCUT2D eigenvalue weighted by atomic mass is 10.1. The van der Waals surface area contributed by atoms with E-state index in [-0.39, 0.29) is 29.0 Å². The summed E-state index contributed by atoms with van der Waals surface area (Å²) >= 11 is 12.2. The lowest BCUT2D eigenvalue weighted by Crippen LogP contribution is -2.29. The van der Waals surface area contributed by atoms with Crippen molar-refractivity contribution in [3.63, 3.8) is 0 Å². The van der Waals surface area contributed by atoms with Gasteiger partial charge >= 0.3 is 0 Å². The van der Waals surface area contributed by atoms with Crippen LogP contribution in [0, 0.1) is 5.82 Å². The number of nitrogens with one attached hydrogen (secondary N) is 1. The molecule has 3 aromatic carbocycles. The highest BCUT2D eigenvalue weighted by molar-refractivity contribution is 7.92. The molecule has 5 nitrogen and oxygen atoms in total.